The summed E-state index contributed by atoms with van der Waals surface area (Å²) in [7, 11) is 0. The minimum Gasteiger partial charge on any atom is -0.399 e. The molecule has 2 aromatic carbocycles. The monoisotopic (exact) mass is 347 g/mol. The molecule has 106 valence electrons. The summed E-state index contributed by atoms with van der Waals surface area (Å²) in [5.41, 5.74) is 8.94. The van der Waals surface area contributed by atoms with Crippen molar-refractivity contribution in [2.24, 2.45) is 0 Å². The summed E-state index contributed by atoms with van der Waals surface area (Å²) in [6.45, 7) is 1.94. The maximum Gasteiger partial charge on any atom is 0.187 e. The highest BCUT2D eigenvalue weighted by atomic mass is 79.9. The van der Waals surface area contributed by atoms with Crippen molar-refractivity contribution >= 4 is 21.6 Å². The Morgan fingerprint density at radius 1 is 1.19 bits per heavy atom. The third kappa shape index (κ3) is 2.52. The Labute approximate surface area is 128 Å². The van der Waals surface area contributed by atoms with Crippen LogP contribution < -0.4 is 5.73 Å². The maximum absolute atomic E-state index is 13.4. The predicted octanol–water partition coefficient (Wildman–Crippen LogP) is 3.12. The molecule has 2 N–H and O–H groups in total. The van der Waals surface area contributed by atoms with E-state index < -0.39 is 0 Å². The highest BCUT2D eigenvalue weighted by molar-refractivity contribution is 9.10. The molecule has 0 fully saturated rings. The molecule has 0 atom stereocenters. The number of nitrogens with two attached hydrogens (primary N) is 1. The lowest BCUT2D eigenvalue weighted by Gasteiger charge is -2.08. The first kappa shape index (κ1) is 13.7. The van der Waals surface area contributed by atoms with Crippen LogP contribution in [0.25, 0.3) is 17.1 Å². The zero-order valence-corrected chi connectivity index (χ0v) is 12.7. The second-order valence-electron chi connectivity index (χ2n) is 4.59. The largest absolute Gasteiger partial charge is 0.399 e. The molecule has 0 unspecified atom stereocenters. The number of nitrogens with zero attached hydrogens (tertiary/aromatic N) is 4. The predicted molar refractivity (Wildman–Crippen MR) is 81.4 cm³/mol. The van der Waals surface area contributed by atoms with E-state index in [0.29, 0.717) is 21.7 Å². The Morgan fingerprint density at radius 2 is 2.00 bits per heavy atom. The zero-order chi connectivity index (χ0) is 15.0. The molecule has 1 aromatic heterocycles. The van der Waals surface area contributed by atoms with E-state index in [0.717, 1.165) is 11.1 Å². The molecule has 0 amide bonds. The van der Waals surface area contributed by atoms with Crippen LogP contribution in [0.15, 0.2) is 40.9 Å². The van der Waals surface area contributed by atoms with Gasteiger partial charge in [0.25, 0.3) is 0 Å². The molecule has 0 saturated carbocycles. The second kappa shape index (κ2) is 5.25. The lowest BCUT2D eigenvalue weighted by atomic mass is 10.1. The fourth-order valence-electron chi connectivity index (χ4n) is 2.08. The molecule has 3 rings (SSSR count). The Kier molecular flexibility index (Phi) is 3.42. The average Bonchev–Trinajstić information content (AvgIpc) is 2.91. The van der Waals surface area contributed by atoms with Crippen molar-refractivity contribution in [1.82, 2.24) is 20.2 Å². The van der Waals surface area contributed by atoms with Crippen LogP contribution in [0, 0.1) is 12.7 Å². The van der Waals surface area contributed by atoms with E-state index >= 15 is 0 Å². The highest BCUT2D eigenvalue weighted by Crippen LogP contribution is 2.26. The second-order valence-corrected chi connectivity index (χ2v) is 5.44. The van der Waals surface area contributed by atoms with Crippen molar-refractivity contribution in [3.63, 3.8) is 0 Å². The maximum atomic E-state index is 13.4. The minimum atomic E-state index is -0.336. The van der Waals surface area contributed by atoms with E-state index in [2.05, 4.69) is 31.5 Å². The lowest BCUT2D eigenvalue weighted by Crippen LogP contribution is -2.01. The first-order valence-corrected chi connectivity index (χ1v) is 6.96. The third-order valence-electron chi connectivity index (χ3n) is 3.11. The highest BCUT2D eigenvalue weighted by Gasteiger charge is 2.14. The van der Waals surface area contributed by atoms with Crippen molar-refractivity contribution in [2.75, 3.05) is 5.73 Å². The SMILES string of the molecule is Cc1cc(N)ccc1-c1nnnn1-c1ccc(F)c(Br)c1. The molecule has 21 heavy (non-hydrogen) atoms. The average molecular weight is 348 g/mol. The van der Waals surface area contributed by atoms with Crippen LogP contribution in [0.4, 0.5) is 10.1 Å². The molecule has 1 heterocycles. The normalized spacial score (nSPS) is 10.8. The molecule has 0 aliphatic heterocycles. The number of halogens is 2. The number of benzene rings is 2. The summed E-state index contributed by atoms with van der Waals surface area (Å²) >= 11 is 3.16. The molecular formula is C14H11BrFN5. The van der Waals surface area contributed by atoms with Crippen LogP contribution in [-0.2, 0) is 0 Å². The fourth-order valence-corrected chi connectivity index (χ4v) is 2.45. The first-order valence-electron chi connectivity index (χ1n) is 6.16. The summed E-state index contributed by atoms with van der Waals surface area (Å²) in [6, 6.07) is 10.1. The molecule has 5 nitrogen and oxygen atoms in total. The Hall–Kier alpha value is -2.28. The Morgan fingerprint density at radius 3 is 2.71 bits per heavy atom. The van der Waals surface area contributed by atoms with Crippen molar-refractivity contribution in [1.29, 1.82) is 0 Å². The molecule has 0 bridgehead atoms. The smallest absolute Gasteiger partial charge is 0.187 e. The lowest BCUT2D eigenvalue weighted by molar-refractivity contribution is 0.620. The van der Waals surface area contributed by atoms with E-state index in [-0.39, 0.29) is 5.82 Å². The topological polar surface area (TPSA) is 69.6 Å². The van der Waals surface area contributed by atoms with Gasteiger partial charge in [-0.15, -0.1) is 5.10 Å². The standard InChI is InChI=1S/C14H11BrFN5/c1-8-6-9(17)2-4-11(8)14-18-19-20-21(14)10-3-5-13(16)12(15)7-10/h2-7H,17H2,1H3. The van der Waals surface area contributed by atoms with Gasteiger partial charge in [0.05, 0.1) is 10.2 Å². The van der Waals surface area contributed by atoms with Gasteiger partial charge in [-0.05, 0) is 75.2 Å². The molecule has 0 aliphatic carbocycles. The quantitative estimate of drug-likeness (QED) is 0.723. The van der Waals surface area contributed by atoms with Gasteiger partial charge in [0.2, 0.25) is 0 Å². The molecule has 3 aromatic rings. The number of rotatable bonds is 2. The van der Waals surface area contributed by atoms with Crippen molar-refractivity contribution in [3.05, 3.63) is 52.3 Å². The first-order chi connectivity index (χ1) is 10.1. The van der Waals surface area contributed by atoms with Gasteiger partial charge in [-0.2, -0.15) is 4.68 Å². The van der Waals surface area contributed by atoms with Crippen molar-refractivity contribution in [3.8, 4) is 17.1 Å². The molecule has 0 saturated heterocycles. The summed E-state index contributed by atoms with van der Waals surface area (Å²) < 4.78 is 15.3. The van der Waals surface area contributed by atoms with E-state index in [1.807, 2.05) is 19.1 Å². The van der Waals surface area contributed by atoms with Gasteiger partial charge in [0.15, 0.2) is 5.82 Å². The molecule has 0 radical (unpaired) electrons. The van der Waals surface area contributed by atoms with Gasteiger partial charge in [0.1, 0.15) is 5.82 Å². The van der Waals surface area contributed by atoms with Crippen LogP contribution in [0.2, 0.25) is 0 Å². The van der Waals surface area contributed by atoms with Gasteiger partial charge >= 0.3 is 0 Å². The van der Waals surface area contributed by atoms with Gasteiger partial charge in [-0.3, -0.25) is 0 Å². The van der Waals surface area contributed by atoms with E-state index in [4.69, 9.17) is 5.73 Å². The van der Waals surface area contributed by atoms with Crippen LogP contribution in [0.5, 0.6) is 0 Å². The van der Waals surface area contributed by atoms with E-state index in [1.165, 1.54) is 6.07 Å². The number of aryl methyl sites for hydroxylation is 1. The van der Waals surface area contributed by atoms with Gasteiger partial charge in [0, 0.05) is 11.3 Å². The number of anilines is 1. The van der Waals surface area contributed by atoms with Gasteiger partial charge < -0.3 is 5.73 Å². The third-order valence-corrected chi connectivity index (χ3v) is 3.72. The number of nitrogen functional groups attached to an aromatic ring is 1. The summed E-state index contributed by atoms with van der Waals surface area (Å²) in [6.07, 6.45) is 0. The van der Waals surface area contributed by atoms with Crippen LogP contribution in [0.1, 0.15) is 5.56 Å². The fraction of sp³-hybridized carbons (Fsp3) is 0.0714. The van der Waals surface area contributed by atoms with E-state index in [1.54, 1.807) is 22.9 Å². The number of aromatic nitrogens is 4. The Bertz CT molecular complexity index is 815. The number of hydrogen-bond acceptors (Lipinski definition) is 4. The zero-order valence-electron chi connectivity index (χ0n) is 11.1. The van der Waals surface area contributed by atoms with Gasteiger partial charge in [-0.25, -0.2) is 4.39 Å². The van der Waals surface area contributed by atoms with E-state index in [9.17, 15) is 4.39 Å². The summed E-state index contributed by atoms with van der Waals surface area (Å²) in [4.78, 5) is 0. The molecule has 0 aliphatic rings. The molecule has 7 heteroatoms. The molecular weight excluding hydrogens is 337 g/mol. The summed E-state index contributed by atoms with van der Waals surface area (Å²) in [5, 5.41) is 11.7. The van der Waals surface area contributed by atoms with Crippen molar-refractivity contribution < 1.29 is 4.39 Å². The number of hydrogen-bond donors (Lipinski definition) is 1. The van der Waals surface area contributed by atoms with Crippen LogP contribution in [0.3, 0.4) is 0 Å². The summed E-state index contributed by atoms with van der Waals surface area (Å²) in [5.74, 6) is 0.239. The van der Waals surface area contributed by atoms with Crippen LogP contribution in [-0.4, -0.2) is 20.2 Å². The Balaban J connectivity index is 2.14. The van der Waals surface area contributed by atoms with Gasteiger partial charge in [-0.1, -0.05) is 0 Å². The number of tetrazole rings is 1. The minimum absolute atomic E-state index is 0.336. The van der Waals surface area contributed by atoms with Crippen LogP contribution >= 0.6 is 15.9 Å². The van der Waals surface area contributed by atoms with Crippen molar-refractivity contribution in [2.45, 2.75) is 6.92 Å². The molecule has 0 spiro atoms.